The van der Waals surface area contributed by atoms with E-state index >= 15 is 0 Å². The van der Waals surface area contributed by atoms with E-state index < -0.39 is 13.9 Å². The van der Waals surface area contributed by atoms with Crippen molar-refractivity contribution in [1.82, 2.24) is 0 Å². The van der Waals surface area contributed by atoms with Crippen LogP contribution in [0, 0.1) is 5.41 Å². The first-order valence-corrected chi connectivity index (χ1v) is 6.79. The summed E-state index contributed by atoms with van der Waals surface area (Å²) in [6.45, 7) is 3.53. The average molecular weight is 271 g/mol. The van der Waals surface area contributed by atoms with Gasteiger partial charge >= 0.3 is 0 Å². The molecule has 0 rings (SSSR count). The molecule has 0 heterocycles. The Morgan fingerprint density at radius 2 is 1.24 bits per heavy atom. The highest BCUT2D eigenvalue weighted by molar-refractivity contribution is 7.42. The van der Waals surface area contributed by atoms with E-state index in [1.807, 2.05) is 13.8 Å². The number of aliphatic hydroxyl groups excluding tert-OH is 2. The van der Waals surface area contributed by atoms with Gasteiger partial charge in [0.15, 0.2) is 0 Å². The highest BCUT2D eigenvalue weighted by Gasteiger charge is 2.39. The second-order valence-corrected chi connectivity index (χ2v) is 4.54. The number of aliphatic hydroxyl groups is 2. The molecule has 0 bridgehead atoms. The third-order valence-electron chi connectivity index (χ3n) is 2.95. The lowest BCUT2D eigenvalue weighted by atomic mass is 9.73. The Bertz CT molecular complexity index is 167. The molecule has 0 saturated heterocycles. The summed E-state index contributed by atoms with van der Waals surface area (Å²) in [5, 5.41) is 18.5. The van der Waals surface area contributed by atoms with E-state index in [4.69, 9.17) is 21.3 Å². The van der Waals surface area contributed by atoms with Crippen molar-refractivity contribution in [3.05, 3.63) is 0 Å². The van der Waals surface area contributed by atoms with Crippen LogP contribution in [0.25, 0.3) is 0 Å². The van der Waals surface area contributed by atoms with Crippen LogP contribution in [0.3, 0.4) is 0 Å². The molecular weight excluding hydrogens is 245 g/mol. The summed E-state index contributed by atoms with van der Waals surface area (Å²) < 4.78 is 0. The van der Waals surface area contributed by atoms with Crippen molar-refractivity contribution in [3.63, 3.8) is 0 Å². The lowest BCUT2D eigenvalue weighted by Crippen LogP contribution is -2.57. The first-order valence-electron chi connectivity index (χ1n) is 5.47. The SMILES string of the molecule is CCC(N)C(CO)(CO)C(N)CC.NP(O)O. The second-order valence-electron chi connectivity index (χ2n) is 3.90. The fraction of sp³-hybridized carbons (Fsp3) is 1.00. The number of nitrogens with two attached hydrogens (primary N) is 3. The number of rotatable bonds is 6. The highest BCUT2D eigenvalue weighted by atomic mass is 31.2. The monoisotopic (exact) mass is 271 g/mol. The van der Waals surface area contributed by atoms with Crippen LogP contribution in [0.2, 0.25) is 0 Å². The Balaban J connectivity index is 0. The molecule has 2 atom stereocenters. The minimum Gasteiger partial charge on any atom is -0.396 e. The topological polar surface area (TPSA) is 159 Å². The van der Waals surface area contributed by atoms with E-state index in [9.17, 15) is 10.2 Å². The first-order chi connectivity index (χ1) is 7.82. The van der Waals surface area contributed by atoms with Gasteiger partial charge in [-0.05, 0) is 12.8 Å². The second kappa shape index (κ2) is 10.1. The smallest absolute Gasteiger partial charge is 0.247 e. The molecule has 106 valence electrons. The molecule has 8 heteroatoms. The summed E-state index contributed by atoms with van der Waals surface area (Å²) in [5.74, 6) is 0. The largest absolute Gasteiger partial charge is 0.396 e. The summed E-state index contributed by atoms with van der Waals surface area (Å²) in [4.78, 5) is 14.9. The fourth-order valence-electron chi connectivity index (χ4n) is 1.61. The van der Waals surface area contributed by atoms with E-state index in [0.717, 1.165) is 0 Å². The van der Waals surface area contributed by atoms with Crippen LogP contribution in [0.1, 0.15) is 26.7 Å². The maximum Gasteiger partial charge on any atom is 0.247 e. The third-order valence-corrected chi connectivity index (χ3v) is 2.95. The van der Waals surface area contributed by atoms with Gasteiger partial charge in [0, 0.05) is 17.5 Å². The summed E-state index contributed by atoms with van der Waals surface area (Å²) in [6, 6.07) is -0.505. The molecule has 0 spiro atoms. The molecule has 0 aliphatic carbocycles. The number of hydrogen-bond donors (Lipinski definition) is 7. The van der Waals surface area contributed by atoms with Gasteiger partial charge in [0.05, 0.1) is 13.2 Å². The molecule has 10 N–H and O–H groups in total. The molecule has 0 aromatic heterocycles. The summed E-state index contributed by atoms with van der Waals surface area (Å²) >= 11 is 0. The molecule has 0 aliphatic rings. The zero-order chi connectivity index (χ0) is 14.1. The minimum absolute atomic E-state index is 0.159. The Morgan fingerprint density at radius 3 is 1.35 bits per heavy atom. The standard InChI is InChI=1S/C9H22N2O2.H4NO2P/c1-3-7(10)9(5-12,6-13)8(11)4-2;1-4(2)3/h7-8,12-13H,3-6,10-11H2,1-2H3;2-3H,1H2. The molecule has 0 radical (unpaired) electrons. The van der Waals surface area contributed by atoms with E-state index in [1.165, 1.54) is 0 Å². The normalized spacial score (nSPS) is 15.2. The van der Waals surface area contributed by atoms with Gasteiger partial charge in [-0.3, -0.25) is 5.50 Å². The minimum atomic E-state index is -2.12. The molecular formula is C9H26N3O4P. The Kier molecular flexibility index (Phi) is 11.6. The predicted octanol–water partition coefficient (Wildman–Crippen LogP) is -1.41. The van der Waals surface area contributed by atoms with Crippen molar-refractivity contribution in [1.29, 1.82) is 0 Å². The van der Waals surface area contributed by atoms with Crippen LogP contribution < -0.4 is 17.0 Å². The maximum atomic E-state index is 9.26. The van der Waals surface area contributed by atoms with Crippen LogP contribution in [0.4, 0.5) is 0 Å². The number of hydrogen-bond acceptors (Lipinski definition) is 7. The maximum absolute atomic E-state index is 9.26. The zero-order valence-electron chi connectivity index (χ0n) is 10.5. The molecule has 0 aromatic carbocycles. The van der Waals surface area contributed by atoms with Crippen molar-refractivity contribution >= 4 is 8.53 Å². The third kappa shape index (κ3) is 6.59. The molecule has 0 saturated carbocycles. The van der Waals surface area contributed by atoms with Gasteiger partial charge in [0.1, 0.15) is 0 Å². The summed E-state index contributed by atoms with van der Waals surface area (Å²) in [7, 11) is -2.12. The van der Waals surface area contributed by atoms with Gasteiger partial charge < -0.3 is 31.5 Å². The molecule has 0 aromatic rings. The lowest BCUT2D eigenvalue weighted by molar-refractivity contribution is 0.00891. The van der Waals surface area contributed by atoms with E-state index in [-0.39, 0.29) is 25.3 Å². The Hall–Kier alpha value is 0.150. The summed E-state index contributed by atoms with van der Waals surface area (Å²) in [5.41, 5.74) is 15.3. The summed E-state index contributed by atoms with van der Waals surface area (Å²) in [6.07, 6.45) is 1.41. The lowest BCUT2D eigenvalue weighted by Gasteiger charge is -2.40. The van der Waals surface area contributed by atoms with E-state index in [2.05, 4.69) is 5.50 Å². The molecule has 2 unspecified atom stereocenters. The first kappa shape index (κ1) is 19.5. The molecule has 0 aliphatic heterocycles. The van der Waals surface area contributed by atoms with Crippen molar-refractivity contribution in [2.45, 2.75) is 38.8 Å². The molecule has 0 fully saturated rings. The van der Waals surface area contributed by atoms with Crippen LogP contribution in [0.5, 0.6) is 0 Å². The van der Waals surface area contributed by atoms with Gasteiger partial charge in [-0.1, -0.05) is 13.8 Å². The zero-order valence-corrected chi connectivity index (χ0v) is 11.3. The molecule has 7 nitrogen and oxygen atoms in total. The predicted molar refractivity (Wildman–Crippen MR) is 68.7 cm³/mol. The Labute approximate surface area is 104 Å². The van der Waals surface area contributed by atoms with E-state index in [0.29, 0.717) is 12.8 Å². The van der Waals surface area contributed by atoms with Crippen molar-refractivity contribution < 1.29 is 20.0 Å². The van der Waals surface area contributed by atoms with Crippen LogP contribution in [-0.4, -0.2) is 45.3 Å². The highest BCUT2D eigenvalue weighted by Crippen LogP contribution is 2.26. The van der Waals surface area contributed by atoms with Crippen LogP contribution in [0.15, 0.2) is 0 Å². The van der Waals surface area contributed by atoms with Gasteiger partial charge in [-0.15, -0.1) is 0 Å². The van der Waals surface area contributed by atoms with Gasteiger partial charge in [0.25, 0.3) is 0 Å². The van der Waals surface area contributed by atoms with Gasteiger partial charge in [-0.2, -0.15) is 0 Å². The Morgan fingerprint density at radius 1 is 1.00 bits per heavy atom. The molecule has 17 heavy (non-hydrogen) atoms. The van der Waals surface area contributed by atoms with Crippen molar-refractivity contribution in [2.24, 2.45) is 22.4 Å². The van der Waals surface area contributed by atoms with E-state index in [1.54, 1.807) is 0 Å². The van der Waals surface area contributed by atoms with Gasteiger partial charge in [-0.25, -0.2) is 0 Å². The van der Waals surface area contributed by atoms with Crippen LogP contribution in [-0.2, 0) is 0 Å². The van der Waals surface area contributed by atoms with Gasteiger partial charge in [0.2, 0.25) is 8.53 Å². The fourth-order valence-corrected chi connectivity index (χ4v) is 1.61. The van der Waals surface area contributed by atoms with Crippen molar-refractivity contribution in [2.75, 3.05) is 13.2 Å². The molecule has 0 amide bonds. The quantitative estimate of drug-likeness (QED) is 0.292. The average Bonchev–Trinajstić information content (AvgIpc) is 2.29. The van der Waals surface area contributed by atoms with Crippen molar-refractivity contribution in [3.8, 4) is 0 Å². The van der Waals surface area contributed by atoms with Crippen LogP contribution >= 0.6 is 8.53 Å².